The summed E-state index contributed by atoms with van der Waals surface area (Å²) in [5.74, 6) is 1.65. The summed E-state index contributed by atoms with van der Waals surface area (Å²) in [6, 6.07) is 6.48. The van der Waals surface area contributed by atoms with E-state index in [1.165, 1.54) is 5.56 Å². The molecule has 2 rings (SSSR count). The molecule has 1 aromatic rings. The molecule has 0 aliphatic carbocycles. The molecule has 0 spiro atoms. The number of hydrogen-bond acceptors (Lipinski definition) is 4. The molecule has 132 valence electrons. The van der Waals surface area contributed by atoms with Gasteiger partial charge >= 0.3 is 0 Å². The molecule has 0 saturated carbocycles. The van der Waals surface area contributed by atoms with Gasteiger partial charge < -0.3 is 14.8 Å². The van der Waals surface area contributed by atoms with Crippen LogP contribution in [-0.2, 0) is 0 Å². The molecule has 1 fully saturated rings. The molecular formula is C17H28Cl2N2O2. The summed E-state index contributed by atoms with van der Waals surface area (Å²) in [5.41, 5.74) is 1.21. The number of para-hydroxylation sites is 1. The average molecular weight is 363 g/mol. The maximum Gasteiger partial charge on any atom is 0.165 e. The summed E-state index contributed by atoms with van der Waals surface area (Å²) < 4.78 is 11.1. The Labute approximate surface area is 152 Å². The average Bonchev–Trinajstić information content (AvgIpc) is 2.55. The van der Waals surface area contributed by atoms with E-state index >= 15 is 0 Å². The fourth-order valence-electron chi connectivity index (χ4n) is 2.98. The van der Waals surface area contributed by atoms with Crippen LogP contribution < -0.4 is 14.8 Å². The number of allylic oxidation sites excluding steroid dienone is 1. The molecule has 1 aliphatic heterocycles. The van der Waals surface area contributed by atoms with Crippen LogP contribution in [0.25, 0.3) is 0 Å². The minimum atomic E-state index is 0. The summed E-state index contributed by atoms with van der Waals surface area (Å²) in [5, 5.41) is 3.41. The Hall–Kier alpha value is -0.940. The molecular weight excluding hydrogens is 335 g/mol. The minimum Gasteiger partial charge on any atom is -0.493 e. The molecule has 4 nitrogen and oxygen atoms in total. The minimum absolute atomic E-state index is 0. The fraction of sp³-hybridized carbons (Fsp3) is 0.529. The quantitative estimate of drug-likeness (QED) is 0.753. The number of benzene rings is 1. The topological polar surface area (TPSA) is 33.7 Å². The van der Waals surface area contributed by atoms with Crippen molar-refractivity contribution in [3.05, 3.63) is 36.4 Å². The van der Waals surface area contributed by atoms with Crippen LogP contribution in [0.1, 0.15) is 24.4 Å². The van der Waals surface area contributed by atoms with E-state index in [1.807, 2.05) is 18.2 Å². The van der Waals surface area contributed by atoms with Crippen LogP contribution in [0.15, 0.2) is 30.9 Å². The van der Waals surface area contributed by atoms with E-state index in [1.54, 1.807) is 14.2 Å². The number of hydrogen-bond donors (Lipinski definition) is 1. The van der Waals surface area contributed by atoms with Gasteiger partial charge in [0.05, 0.1) is 14.2 Å². The zero-order valence-corrected chi connectivity index (χ0v) is 15.5. The van der Waals surface area contributed by atoms with Gasteiger partial charge in [-0.15, -0.1) is 31.4 Å². The van der Waals surface area contributed by atoms with E-state index < -0.39 is 0 Å². The van der Waals surface area contributed by atoms with Crippen molar-refractivity contribution in [2.45, 2.75) is 18.9 Å². The summed E-state index contributed by atoms with van der Waals surface area (Å²) in [4.78, 5) is 2.53. The van der Waals surface area contributed by atoms with Gasteiger partial charge in [0, 0.05) is 37.8 Å². The second kappa shape index (κ2) is 11.6. The predicted molar refractivity (Wildman–Crippen MR) is 101 cm³/mol. The molecule has 0 radical (unpaired) electrons. The number of halogens is 2. The van der Waals surface area contributed by atoms with E-state index in [-0.39, 0.29) is 24.8 Å². The molecule has 1 N–H and O–H groups in total. The molecule has 0 amide bonds. The van der Waals surface area contributed by atoms with Gasteiger partial charge in [0.1, 0.15) is 0 Å². The lowest BCUT2D eigenvalue weighted by molar-refractivity contribution is 0.163. The highest BCUT2D eigenvalue weighted by Crippen LogP contribution is 2.38. The van der Waals surface area contributed by atoms with Crippen molar-refractivity contribution in [1.82, 2.24) is 10.2 Å². The third-order valence-corrected chi connectivity index (χ3v) is 4.03. The Morgan fingerprint density at radius 1 is 1.22 bits per heavy atom. The first-order valence-corrected chi connectivity index (χ1v) is 7.58. The van der Waals surface area contributed by atoms with Crippen LogP contribution >= 0.6 is 24.8 Å². The number of nitrogens with zero attached hydrogens (tertiary/aromatic N) is 1. The van der Waals surface area contributed by atoms with E-state index in [0.717, 1.165) is 50.5 Å². The molecule has 0 bridgehead atoms. The first-order chi connectivity index (χ1) is 10.3. The highest BCUT2D eigenvalue weighted by atomic mass is 35.5. The van der Waals surface area contributed by atoms with Gasteiger partial charge in [-0.05, 0) is 18.9 Å². The van der Waals surface area contributed by atoms with Crippen molar-refractivity contribution < 1.29 is 9.47 Å². The van der Waals surface area contributed by atoms with Crippen LogP contribution in [0.5, 0.6) is 11.5 Å². The second-order valence-corrected chi connectivity index (χ2v) is 5.25. The van der Waals surface area contributed by atoms with Crippen molar-refractivity contribution in [2.75, 3.05) is 40.4 Å². The van der Waals surface area contributed by atoms with Crippen LogP contribution in [0.2, 0.25) is 0 Å². The molecule has 1 saturated heterocycles. The fourth-order valence-corrected chi connectivity index (χ4v) is 2.98. The highest BCUT2D eigenvalue weighted by molar-refractivity contribution is 5.85. The first-order valence-electron chi connectivity index (χ1n) is 7.58. The summed E-state index contributed by atoms with van der Waals surface area (Å²) in [6.45, 7) is 8.05. The Bertz CT molecular complexity index is 466. The molecule has 1 heterocycles. The SMILES string of the molecule is C=CCC[C@@H](c1cccc(OC)c1OC)N1CCNCC1.Cl.Cl. The van der Waals surface area contributed by atoms with Gasteiger partial charge in [0.2, 0.25) is 0 Å². The van der Waals surface area contributed by atoms with Gasteiger partial charge in [-0.2, -0.15) is 0 Å². The monoisotopic (exact) mass is 362 g/mol. The first kappa shape index (κ1) is 22.1. The predicted octanol–water partition coefficient (Wildman–Crippen LogP) is 3.46. The van der Waals surface area contributed by atoms with Crippen molar-refractivity contribution in [3.8, 4) is 11.5 Å². The normalized spacial score (nSPS) is 15.7. The number of nitrogens with one attached hydrogen (secondary N) is 1. The van der Waals surface area contributed by atoms with Crippen LogP contribution in [0.4, 0.5) is 0 Å². The van der Waals surface area contributed by atoms with E-state index in [2.05, 4.69) is 22.9 Å². The molecule has 1 aromatic carbocycles. The lowest BCUT2D eigenvalue weighted by atomic mass is 9.98. The van der Waals surface area contributed by atoms with Gasteiger partial charge in [-0.1, -0.05) is 18.2 Å². The van der Waals surface area contributed by atoms with Gasteiger partial charge in [-0.25, -0.2) is 0 Å². The van der Waals surface area contributed by atoms with Gasteiger partial charge in [0.15, 0.2) is 11.5 Å². The smallest absolute Gasteiger partial charge is 0.165 e. The molecule has 0 unspecified atom stereocenters. The summed E-state index contributed by atoms with van der Waals surface area (Å²) >= 11 is 0. The van der Waals surface area contributed by atoms with Gasteiger partial charge in [0.25, 0.3) is 0 Å². The van der Waals surface area contributed by atoms with E-state index in [0.29, 0.717) is 6.04 Å². The lowest BCUT2D eigenvalue weighted by Crippen LogP contribution is -2.45. The zero-order chi connectivity index (χ0) is 15.1. The number of ether oxygens (including phenoxy) is 2. The second-order valence-electron chi connectivity index (χ2n) is 5.25. The van der Waals surface area contributed by atoms with Crippen molar-refractivity contribution in [2.24, 2.45) is 0 Å². The Morgan fingerprint density at radius 2 is 1.91 bits per heavy atom. The van der Waals surface area contributed by atoms with E-state index in [4.69, 9.17) is 9.47 Å². The third-order valence-electron chi connectivity index (χ3n) is 4.03. The standard InChI is InChI=1S/C17H26N2O2.2ClH/c1-4-5-8-15(19-12-10-18-11-13-19)14-7-6-9-16(20-2)17(14)21-3;;/h4,6-7,9,15,18H,1,5,8,10-13H2,2-3H3;2*1H/t15-;;/m0../s1. The highest BCUT2D eigenvalue weighted by Gasteiger charge is 2.25. The largest absolute Gasteiger partial charge is 0.493 e. The Balaban J connectivity index is 0.00000242. The van der Waals surface area contributed by atoms with Crippen molar-refractivity contribution in [3.63, 3.8) is 0 Å². The number of methoxy groups -OCH3 is 2. The number of rotatable bonds is 7. The van der Waals surface area contributed by atoms with Crippen LogP contribution in [-0.4, -0.2) is 45.3 Å². The molecule has 0 aromatic heterocycles. The molecule has 23 heavy (non-hydrogen) atoms. The third kappa shape index (κ3) is 5.57. The van der Waals surface area contributed by atoms with Crippen LogP contribution in [0, 0.1) is 0 Å². The Morgan fingerprint density at radius 3 is 2.48 bits per heavy atom. The summed E-state index contributed by atoms with van der Waals surface area (Å²) in [6.07, 6.45) is 4.03. The molecule has 6 heteroatoms. The Kier molecular flexibility index (Phi) is 11.1. The maximum absolute atomic E-state index is 5.63. The zero-order valence-electron chi connectivity index (χ0n) is 13.9. The van der Waals surface area contributed by atoms with Crippen molar-refractivity contribution >= 4 is 24.8 Å². The maximum atomic E-state index is 5.63. The van der Waals surface area contributed by atoms with Gasteiger partial charge in [-0.3, -0.25) is 4.90 Å². The van der Waals surface area contributed by atoms with Crippen molar-refractivity contribution in [1.29, 1.82) is 0 Å². The summed E-state index contributed by atoms with van der Waals surface area (Å²) in [7, 11) is 3.40. The van der Waals surface area contributed by atoms with Crippen LogP contribution in [0.3, 0.4) is 0 Å². The number of piperazine rings is 1. The molecule has 1 atom stereocenters. The van der Waals surface area contributed by atoms with E-state index in [9.17, 15) is 0 Å². The lowest BCUT2D eigenvalue weighted by Gasteiger charge is -2.36. The molecule has 1 aliphatic rings.